The molecule has 1 aliphatic carbocycles. The second-order valence-electron chi connectivity index (χ2n) is 5.25. The van der Waals surface area contributed by atoms with E-state index >= 15 is 0 Å². The summed E-state index contributed by atoms with van der Waals surface area (Å²) in [5, 5.41) is 8.92. The number of benzene rings is 1. The van der Waals surface area contributed by atoms with E-state index in [9.17, 15) is 14.0 Å². The first-order valence-electron chi connectivity index (χ1n) is 6.91. The zero-order valence-electron chi connectivity index (χ0n) is 11.7. The lowest BCUT2D eigenvalue weighted by atomic mass is 10.2. The van der Waals surface area contributed by atoms with Crippen molar-refractivity contribution >= 4 is 16.8 Å². The lowest BCUT2D eigenvalue weighted by Gasteiger charge is -2.19. The number of nitriles is 1. The largest absolute Gasteiger partial charge is 0.325 e. The van der Waals surface area contributed by atoms with E-state index in [0.717, 1.165) is 23.5 Å². The Morgan fingerprint density at radius 1 is 1.50 bits per heavy atom. The molecule has 3 rings (SSSR count). The first kappa shape index (κ1) is 14.2. The second kappa shape index (κ2) is 5.56. The number of hydrogen-bond acceptors (Lipinski definition) is 4. The molecule has 22 heavy (non-hydrogen) atoms. The lowest BCUT2D eigenvalue weighted by Crippen LogP contribution is -2.38. The van der Waals surface area contributed by atoms with Crippen molar-refractivity contribution in [1.29, 1.82) is 5.26 Å². The summed E-state index contributed by atoms with van der Waals surface area (Å²) in [5.41, 5.74) is -0.0864. The monoisotopic (exact) mass is 300 g/mol. The summed E-state index contributed by atoms with van der Waals surface area (Å²) in [6.45, 7) is -0.190. The van der Waals surface area contributed by atoms with Gasteiger partial charge in [-0.15, -0.1) is 0 Å². The fourth-order valence-electron chi connectivity index (χ4n) is 2.36. The van der Waals surface area contributed by atoms with Crippen LogP contribution < -0.4 is 5.56 Å². The summed E-state index contributed by atoms with van der Waals surface area (Å²) in [4.78, 5) is 30.1. The number of hydrogen-bond donors (Lipinski definition) is 0. The molecule has 1 saturated carbocycles. The first-order chi connectivity index (χ1) is 10.6. The van der Waals surface area contributed by atoms with Gasteiger partial charge in [-0.1, -0.05) is 0 Å². The fourth-order valence-corrected chi connectivity index (χ4v) is 2.36. The van der Waals surface area contributed by atoms with Gasteiger partial charge in [0.25, 0.3) is 5.56 Å². The molecule has 2 aromatic rings. The number of carbonyl (C=O) groups excluding carboxylic acids is 1. The van der Waals surface area contributed by atoms with E-state index < -0.39 is 11.4 Å². The van der Waals surface area contributed by atoms with Gasteiger partial charge in [0.2, 0.25) is 5.91 Å². The highest BCUT2D eigenvalue weighted by Gasteiger charge is 2.32. The molecule has 1 aliphatic rings. The van der Waals surface area contributed by atoms with Gasteiger partial charge in [-0.2, -0.15) is 5.26 Å². The van der Waals surface area contributed by atoms with Crippen LogP contribution in [0.25, 0.3) is 10.9 Å². The van der Waals surface area contributed by atoms with Crippen LogP contribution in [0.3, 0.4) is 0 Å². The first-order valence-corrected chi connectivity index (χ1v) is 6.91. The molecule has 0 radical (unpaired) electrons. The van der Waals surface area contributed by atoms with E-state index in [4.69, 9.17) is 5.26 Å². The third kappa shape index (κ3) is 2.68. The average Bonchev–Trinajstić information content (AvgIpc) is 3.32. The number of aromatic nitrogens is 2. The summed E-state index contributed by atoms with van der Waals surface area (Å²) in [5.74, 6) is -0.830. The number of halogens is 1. The van der Waals surface area contributed by atoms with Crippen molar-refractivity contribution in [3.05, 3.63) is 40.7 Å². The molecule has 6 nitrogen and oxygen atoms in total. The van der Waals surface area contributed by atoms with E-state index in [0.29, 0.717) is 5.52 Å². The van der Waals surface area contributed by atoms with Crippen molar-refractivity contribution in [2.24, 2.45) is 0 Å². The van der Waals surface area contributed by atoms with Gasteiger partial charge in [0.15, 0.2) is 0 Å². The normalized spacial score (nSPS) is 13.8. The minimum absolute atomic E-state index is 0.00783. The van der Waals surface area contributed by atoms with Crippen LogP contribution in [0.2, 0.25) is 0 Å². The van der Waals surface area contributed by atoms with Gasteiger partial charge < -0.3 is 4.90 Å². The molecule has 0 N–H and O–H groups in total. The highest BCUT2D eigenvalue weighted by molar-refractivity contribution is 5.79. The number of nitrogens with zero attached hydrogens (tertiary/aromatic N) is 4. The summed E-state index contributed by atoms with van der Waals surface area (Å²) in [6, 6.07) is 5.81. The molecule has 0 atom stereocenters. The minimum Gasteiger partial charge on any atom is -0.325 e. The van der Waals surface area contributed by atoms with Crippen LogP contribution in [0.4, 0.5) is 4.39 Å². The van der Waals surface area contributed by atoms with Crippen molar-refractivity contribution in [3.63, 3.8) is 0 Å². The molecule has 0 unspecified atom stereocenters. The van der Waals surface area contributed by atoms with E-state index in [1.807, 2.05) is 6.07 Å². The molecular formula is C15H13FN4O2. The Labute approximate surface area is 125 Å². The Morgan fingerprint density at radius 2 is 2.27 bits per heavy atom. The van der Waals surface area contributed by atoms with E-state index in [2.05, 4.69) is 4.98 Å². The van der Waals surface area contributed by atoms with Crippen molar-refractivity contribution < 1.29 is 9.18 Å². The standard InChI is InChI=1S/C15H13FN4O2/c16-10-1-4-13-12(7-10)15(22)19(9-18-13)8-14(21)20(6-5-17)11-2-3-11/h1,4,7,9,11H,2-3,6,8H2. The van der Waals surface area contributed by atoms with Gasteiger partial charge in [0.05, 0.1) is 23.3 Å². The van der Waals surface area contributed by atoms with E-state index in [-0.39, 0.29) is 30.4 Å². The molecule has 112 valence electrons. The molecule has 0 aliphatic heterocycles. The average molecular weight is 300 g/mol. The molecule has 1 amide bonds. The van der Waals surface area contributed by atoms with Crippen LogP contribution in [0, 0.1) is 17.1 Å². The van der Waals surface area contributed by atoms with Crippen LogP contribution >= 0.6 is 0 Å². The second-order valence-corrected chi connectivity index (χ2v) is 5.25. The quantitative estimate of drug-likeness (QED) is 0.791. The van der Waals surface area contributed by atoms with Gasteiger partial charge in [-0.05, 0) is 31.0 Å². The topological polar surface area (TPSA) is 79.0 Å². The molecule has 0 saturated heterocycles. The minimum atomic E-state index is -0.528. The molecule has 0 spiro atoms. The zero-order chi connectivity index (χ0) is 15.7. The number of carbonyl (C=O) groups is 1. The van der Waals surface area contributed by atoms with Crippen molar-refractivity contribution in [2.75, 3.05) is 6.54 Å². The predicted octanol–water partition coefficient (Wildman–Crippen LogP) is 1.05. The maximum absolute atomic E-state index is 13.3. The molecular weight excluding hydrogens is 287 g/mol. The van der Waals surface area contributed by atoms with Crippen LogP contribution in [0.1, 0.15) is 12.8 Å². The SMILES string of the molecule is N#CCN(C(=O)Cn1cnc2ccc(F)cc2c1=O)C1CC1. The third-order valence-electron chi connectivity index (χ3n) is 3.64. The Kier molecular flexibility index (Phi) is 3.59. The van der Waals surface area contributed by atoms with Crippen LogP contribution in [-0.2, 0) is 11.3 Å². The van der Waals surface area contributed by atoms with Crippen molar-refractivity contribution in [1.82, 2.24) is 14.5 Å². The third-order valence-corrected chi connectivity index (χ3v) is 3.64. The fraction of sp³-hybridized carbons (Fsp3) is 0.333. The van der Waals surface area contributed by atoms with Gasteiger partial charge in [0, 0.05) is 6.04 Å². The molecule has 0 bridgehead atoms. The Hall–Kier alpha value is -2.75. The van der Waals surface area contributed by atoms with Gasteiger partial charge in [0.1, 0.15) is 18.9 Å². The molecule has 1 heterocycles. The van der Waals surface area contributed by atoms with Crippen molar-refractivity contribution in [2.45, 2.75) is 25.4 Å². The molecule has 7 heteroatoms. The number of fused-ring (bicyclic) bond motifs is 1. The van der Waals surface area contributed by atoms with E-state index in [1.54, 1.807) is 0 Å². The Balaban J connectivity index is 1.90. The molecule has 1 fully saturated rings. The van der Waals surface area contributed by atoms with Crippen LogP contribution in [0.15, 0.2) is 29.3 Å². The molecule has 1 aromatic heterocycles. The lowest BCUT2D eigenvalue weighted by molar-refractivity contribution is -0.131. The molecule has 1 aromatic carbocycles. The number of rotatable bonds is 4. The maximum Gasteiger partial charge on any atom is 0.261 e. The maximum atomic E-state index is 13.3. The smallest absolute Gasteiger partial charge is 0.261 e. The van der Waals surface area contributed by atoms with Crippen LogP contribution in [-0.4, -0.2) is 32.9 Å². The highest BCUT2D eigenvalue weighted by Crippen LogP contribution is 2.26. The summed E-state index contributed by atoms with van der Waals surface area (Å²) >= 11 is 0. The highest BCUT2D eigenvalue weighted by atomic mass is 19.1. The van der Waals surface area contributed by atoms with E-state index in [1.165, 1.54) is 23.4 Å². The van der Waals surface area contributed by atoms with Gasteiger partial charge >= 0.3 is 0 Å². The predicted molar refractivity (Wildman–Crippen MR) is 76.3 cm³/mol. The van der Waals surface area contributed by atoms with Gasteiger partial charge in [-0.3, -0.25) is 14.2 Å². The summed E-state index contributed by atoms with van der Waals surface area (Å²) in [7, 11) is 0. The van der Waals surface area contributed by atoms with Gasteiger partial charge in [-0.25, -0.2) is 9.37 Å². The van der Waals surface area contributed by atoms with Crippen LogP contribution in [0.5, 0.6) is 0 Å². The summed E-state index contributed by atoms with van der Waals surface area (Å²) < 4.78 is 14.4. The summed E-state index contributed by atoms with van der Waals surface area (Å²) in [6.07, 6.45) is 3.03. The Bertz CT molecular complexity index is 836. The zero-order valence-corrected chi connectivity index (χ0v) is 11.7. The number of amides is 1. The Morgan fingerprint density at radius 3 is 2.95 bits per heavy atom. The van der Waals surface area contributed by atoms with Crippen molar-refractivity contribution in [3.8, 4) is 6.07 Å².